The summed E-state index contributed by atoms with van der Waals surface area (Å²) in [7, 11) is 0. The number of aliphatic imine (C=N–C) groups is 1. The maximum atomic E-state index is 11.2. The summed E-state index contributed by atoms with van der Waals surface area (Å²) in [5, 5.41) is 0. The first kappa shape index (κ1) is 20.3. The molecule has 0 saturated carbocycles. The molecule has 2 N–H and O–H groups in total. The lowest BCUT2D eigenvalue weighted by atomic mass is 10.1. The molecule has 1 amide bonds. The minimum absolute atomic E-state index is 0.340. The van der Waals surface area contributed by atoms with Gasteiger partial charge in [0.15, 0.2) is 0 Å². The lowest BCUT2D eigenvalue weighted by molar-refractivity contribution is -0.120. The summed E-state index contributed by atoms with van der Waals surface area (Å²) in [5.41, 5.74) is 7.94. The Morgan fingerprint density at radius 2 is 1.53 bits per heavy atom. The molecule has 1 atom stereocenters. The molecule has 0 aromatic heterocycles. The van der Waals surface area contributed by atoms with E-state index in [-0.39, 0.29) is 11.8 Å². The second kappa shape index (κ2) is 9.69. The van der Waals surface area contributed by atoms with Crippen molar-refractivity contribution in [2.24, 2.45) is 16.6 Å². The molecule has 0 bridgehead atoms. The number of nitrogens with two attached hydrogens (primary N) is 1. The van der Waals surface area contributed by atoms with Crippen molar-refractivity contribution < 1.29 is 9.53 Å². The van der Waals surface area contributed by atoms with Gasteiger partial charge in [0.2, 0.25) is 11.8 Å². The van der Waals surface area contributed by atoms with Gasteiger partial charge >= 0.3 is 0 Å². The quantitative estimate of drug-likeness (QED) is 0.803. The third-order valence-electron chi connectivity index (χ3n) is 5.55. The normalized spacial score (nSPS) is 20.0. The molecule has 0 radical (unpaired) electrons. The van der Waals surface area contributed by atoms with E-state index < -0.39 is 0 Å². The first-order valence-corrected chi connectivity index (χ1v) is 10.4. The van der Waals surface area contributed by atoms with Gasteiger partial charge in [0, 0.05) is 39.3 Å². The highest BCUT2D eigenvalue weighted by molar-refractivity contribution is 5.92. The average Bonchev–Trinajstić information content (AvgIpc) is 2.78. The minimum Gasteiger partial charge on any atom is -0.439 e. The van der Waals surface area contributed by atoms with Gasteiger partial charge in [-0.2, -0.15) is 0 Å². The Morgan fingerprint density at radius 3 is 2.07 bits per heavy atom. The van der Waals surface area contributed by atoms with Crippen molar-refractivity contribution in [1.29, 1.82) is 0 Å². The van der Waals surface area contributed by atoms with Crippen molar-refractivity contribution in [3.8, 4) is 5.75 Å². The highest BCUT2D eigenvalue weighted by Gasteiger charge is 2.18. The summed E-state index contributed by atoms with van der Waals surface area (Å²) in [6.45, 7) is 6.65. The van der Waals surface area contributed by atoms with E-state index in [1.807, 2.05) is 12.1 Å². The molecule has 1 fully saturated rings. The Morgan fingerprint density at radius 1 is 0.933 bits per heavy atom. The molecule has 2 aliphatic heterocycles. The number of hydrogen-bond acceptors (Lipinski definition) is 5. The van der Waals surface area contributed by atoms with E-state index in [0.29, 0.717) is 12.4 Å². The zero-order valence-corrected chi connectivity index (χ0v) is 17.1. The molecule has 2 aromatic carbocycles. The molecule has 6 nitrogen and oxygen atoms in total. The minimum atomic E-state index is -0.362. The lowest BCUT2D eigenvalue weighted by Crippen LogP contribution is -2.45. The molecular formula is C24H28N4O2. The Hall–Kier alpha value is -2.96. The van der Waals surface area contributed by atoms with Crippen LogP contribution in [-0.2, 0) is 17.9 Å². The maximum absolute atomic E-state index is 11.2. The molecule has 156 valence electrons. The summed E-state index contributed by atoms with van der Waals surface area (Å²) in [6.07, 6.45) is 3.46. The Bertz CT molecular complexity index is 901. The van der Waals surface area contributed by atoms with E-state index >= 15 is 0 Å². The SMILES string of the molecule is NC(=O)C1C=CC(Oc2ccc(CN3CCN(Cc4ccccc4)CC3)cc2)=NC1. The van der Waals surface area contributed by atoms with Gasteiger partial charge in [-0.1, -0.05) is 48.5 Å². The molecule has 2 aromatic rings. The van der Waals surface area contributed by atoms with Gasteiger partial charge in [-0.3, -0.25) is 19.6 Å². The maximum Gasteiger partial charge on any atom is 0.226 e. The van der Waals surface area contributed by atoms with Crippen LogP contribution in [0.2, 0.25) is 0 Å². The number of carbonyl (C=O) groups excluding carboxylic acids is 1. The van der Waals surface area contributed by atoms with Gasteiger partial charge < -0.3 is 10.5 Å². The van der Waals surface area contributed by atoms with Crippen molar-refractivity contribution in [2.45, 2.75) is 13.1 Å². The number of piperazine rings is 1. The van der Waals surface area contributed by atoms with E-state index in [4.69, 9.17) is 10.5 Å². The third-order valence-corrected chi connectivity index (χ3v) is 5.55. The summed E-state index contributed by atoms with van der Waals surface area (Å²) in [5.74, 6) is 0.550. The van der Waals surface area contributed by atoms with Crippen LogP contribution >= 0.6 is 0 Å². The number of ether oxygens (including phenoxy) is 1. The van der Waals surface area contributed by atoms with Crippen LogP contribution in [0.3, 0.4) is 0 Å². The van der Waals surface area contributed by atoms with Crippen LogP contribution in [0.25, 0.3) is 0 Å². The molecule has 0 aliphatic carbocycles. The van der Waals surface area contributed by atoms with Crippen LogP contribution in [-0.4, -0.2) is 54.3 Å². The predicted octanol–water partition coefficient (Wildman–Crippen LogP) is 2.45. The number of amides is 1. The van der Waals surface area contributed by atoms with Crippen LogP contribution in [0.1, 0.15) is 11.1 Å². The van der Waals surface area contributed by atoms with Gasteiger partial charge in [-0.25, -0.2) is 0 Å². The van der Waals surface area contributed by atoms with Gasteiger partial charge in [0.05, 0.1) is 12.5 Å². The number of benzene rings is 2. The topological polar surface area (TPSA) is 71.2 Å². The molecular weight excluding hydrogens is 376 g/mol. The monoisotopic (exact) mass is 404 g/mol. The first-order valence-electron chi connectivity index (χ1n) is 10.4. The van der Waals surface area contributed by atoms with E-state index in [9.17, 15) is 4.79 Å². The number of primary amides is 1. The molecule has 4 rings (SSSR count). The highest BCUT2D eigenvalue weighted by Crippen LogP contribution is 2.17. The van der Waals surface area contributed by atoms with Gasteiger partial charge in [-0.05, 0) is 29.3 Å². The van der Waals surface area contributed by atoms with Crippen LogP contribution < -0.4 is 10.5 Å². The largest absolute Gasteiger partial charge is 0.439 e. The number of carbonyl (C=O) groups is 1. The molecule has 1 saturated heterocycles. The molecule has 6 heteroatoms. The van der Waals surface area contributed by atoms with E-state index in [0.717, 1.165) is 45.0 Å². The van der Waals surface area contributed by atoms with Crippen LogP contribution in [0, 0.1) is 5.92 Å². The smallest absolute Gasteiger partial charge is 0.226 e. The second-order valence-corrected chi connectivity index (χ2v) is 7.83. The molecule has 30 heavy (non-hydrogen) atoms. The second-order valence-electron chi connectivity index (χ2n) is 7.83. The third kappa shape index (κ3) is 5.55. The number of rotatable bonds is 6. The molecule has 0 spiro atoms. The highest BCUT2D eigenvalue weighted by atomic mass is 16.5. The van der Waals surface area contributed by atoms with Crippen molar-refractivity contribution in [1.82, 2.24) is 9.80 Å². The van der Waals surface area contributed by atoms with E-state index in [1.54, 1.807) is 12.2 Å². The van der Waals surface area contributed by atoms with Gasteiger partial charge in [0.1, 0.15) is 5.75 Å². The van der Waals surface area contributed by atoms with E-state index in [2.05, 4.69) is 57.3 Å². The summed E-state index contributed by atoms with van der Waals surface area (Å²) < 4.78 is 5.79. The van der Waals surface area contributed by atoms with Crippen LogP contribution in [0.5, 0.6) is 5.75 Å². The Labute approximate surface area is 177 Å². The van der Waals surface area contributed by atoms with Crippen LogP contribution in [0.15, 0.2) is 71.7 Å². The Kier molecular flexibility index (Phi) is 6.57. The molecule has 2 aliphatic rings. The zero-order chi connectivity index (χ0) is 20.8. The summed E-state index contributed by atoms with van der Waals surface area (Å²) in [6, 6.07) is 18.8. The number of hydrogen-bond donors (Lipinski definition) is 1. The fourth-order valence-corrected chi connectivity index (χ4v) is 3.74. The van der Waals surface area contributed by atoms with Gasteiger partial charge in [-0.15, -0.1) is 0 Å². The fourth-order valence-electron chi connectivity index (χ4n) is 3.74. The lowest BCUT2D eigenvalue weighted by Gasteiger charge is -2.34. The zero-order valence-electron chi connectivity index (χ0n) is 17.1. The van der Waals surface area contributed by atoms with E-state index in [1.165, 1.54) is 11.1 Å². The predicted molar refractivity (Wildman–Crippen MR) is 118 cm³/mol. The Balaban J connectivity index is 1.23. The van der Waals surface area contributed by atoms with Crippen molar-refractivity contribution in [2.75, 3.05) is 32.7 Å². The van der Waals surface area contributed by atoms with Crippen LogP contribution in [0.4, 0.5) is 0 Å². The first-order chi connectivity index (χ1) is 14.7. The summed E-state index contributed by atoms with van der Waals surface area (Å²) >= 11 is 0. The molecule has 2 heterocycles. The summed E-state index contributed by atoms with van der Waals surface area (Å²) in [4.78, 5) is 20.5. The van der Waals surface area contributed by atoms with Crippen molar-refractivity contribution >= 4 is 11.8 Å². The van der Waals surface area contributed by atoms with Gasteiger partial charge in [0.25, 0.3) is 0 Å². The molecule has 1 unspecified atom stereocenters. The number of dihydropyridines is 1. The standard InChI is InChI=1S/C24H28N4O2/c25-24(29)21-8-11-23(26-16-21)30-22-9-6-20(7-10-22)18-28-14-12-27(13-15-28)17-19-4-2-1-3-5-19/h1-11,21H,12-18H2,(H2,25,29). The number of nitrogens with zero attached hydrogens (tertiary/aromatic N) is 3. The fraction of sp³-hybridized carbons (Fsp3) is 0.333. The average molecular weight is 405 g/mol. The van der Waals surface area contributed by atoms with Crippen molar-refractivity contribution in [3.63, 3.8) is 0 Å². The van der Waals surface area contributed by atoms with Crippen molar-refractivity contribution in [3.05, 3.63) is 77.9 Å².